The maximum Gasteiger partial charge on any atom is 0.414 e. The third-order valence-corrected chi connectivity index (χ3v) is 3.72. The van der Waals surface area contributed by atoms with E-state index in [0.717, 1.165) is 0 Å². The molecule has 0 aliphatic rings. The fraction of sp³-hybridized carbons (Fsp3) is 0.500. The Morgan fingerprint density at radius 2 is 1.84 bits per heavy atom. The van der Waals surface area contributed by atoms with Gasteiger partial charge in [-0.15, -0.1) is 0 Å². The summed E-state index contributed by atoms with van der Waals surface area (Å²) in [5.74, 6) is -1.39. The Hall–Kier alpha value is -2.13. The maximum atomic E-state index is 12.1. The van der Waals surface area contributed by atoms with Crippen molar-refractivity contribution >= 4 is 27.9 Å². The lowest BCUT2D eigenvalue weighted by Gasteiger charge is -2.25. The predicted octanol–water partition coefficient (Wildman–Crippen LogP) is 2.41. The zero-order chi connectivity index (χ0) is 19.4. The topological polar surface area (TPSA) is 110 Å². The minimum Gasteiger partial charge on any atom is -0.461 e. The van der Waals surface area contributed by atoms with Crippen LogP contribution in [0, 0.1) is 6.92 Å². The van der Waals surface area contributed by atoms with Gasteiger partial charge in [0.2, 0.25) is 0 Å². The quantitative estimate of drug-likeness (QED) is 0.623. The van der Waals surface area contributed by atoms with Gasteiger partial charge in [-0.2, -0.15) is 8.42 Å². The van der Waals surface area contributed by atoms with E-state index in [4.69, 9.17) is 14.0 Å². The summed E-state index contributed by atoms with van der Waals surface area (Å²) in [6.07, 6.45) is -0.529. The average molecular weight is 373 g/mol. The molecule has 0 bridgehead atoms. The summed E-state index contributed by atoms with van der Waals surface area (Å²) in [5.41, 5.74) is 0.770. The molecule has 9 heteroatoms. The van der Waals surface area contributed by atoms with E-state index in [0.29, 0.717) is 11.3 Å². The van der Waals surface area contributed by atoms with Crippen LogP contribution in [0.2, 0.25) is 0 Å². The first-order valence-electron chi connectivity index (χ1n) is 7.50. The number of ether oxygens (including phenoxy) is 2. The number of hydrogen-bond donors (Lipinski definition) is 1. The van der Waals surface area contributed by atoms with Gasteiger partial charge in [-0.05, 0) is 51.5 Å². The summed E-state index contributed by atoms with van der Waals surface area (Å²) in [6, 6.07) is 4.55. The SMILES string of the molecule is Cc1cc(C(=O)OCCS(=O)(=O)O)ccc1N(C)C(=O)OC(C)(C)C. The monoisotopic (exact) mass is 373 g/mol. The lowest BCUT2D eigenvalue weighted by atomic mass is 10.1. The number of carbonyl (C=O) groups excluding carboxylic acids is 2. The van der Waals surface area contributed by atoms with Gasteiger partial charge in [-0.25, -0.2) is 9.59 Å². The molecule has 0 spiro atoms. The molecule has 0 fully saturated rings. The number of anilines is 1. The van der Waals surface area contributed by atoms with Crippen molar-refractivity contribution in [3.63, 3.8) is 0 Å². The van der Waals surface area contributed by atoms with Gasteiger partial charge in [-0.3, -0.25) is 9.45 Å². The highest BCUT2D eigenvalue weighted by Gasteiger charge is 2.22. The van der Waals surface area contributed by atoms with Gasteiger partial charge in [0.15, 0.2) is 0 Å². The van der Waals surface area contributed by atoms with E-state index in [1.807, 2.05) is 0 Å². The number of benzene rings is 1. The summed E-state index contributed by atoms with van der Waals surface area (Å²) < 4.78 is 39.9. The molecule has 1 aromatic carbocycles. The Labute approximate surface area is 147 Å². The third-order valence-electron chi connectivity index (χ3n) is 3.04. The summed E-state index contributed by atoms with van der Waals surface area (Å²) in [7, 11) is -2.63. The number of hydrogen-bond acceptors (Lipinski definition) is 6. The second-order valence-electron chi connectivity index (χ2n) is 6.46. The minimum atomic E-state index is -4.19. The Kier molecular flexibility index (Phi) is 6.55. The standard InChI is InChI=1S/C16H23NO7S/c1-11-10-12(14(18)23-8-9-25(20,21)22)6-7-13(11)17(5)15(19)24-16(2,3)4/h6-7,10H,8-9H2,1-5H3,(H,20,21,22). The molecule has 0 atom stereocenters. The molecule has 25 heavy (non-hydrogen) atoms. The van der Waals surface area contributed by atoms with Crippen LogP contribution in [0.1, 0.15) is 36.7 Å². The van der Waals surface area contributed by atoms with Gasteiger partial charge in [0.25, 0.3) is 10.1 Å². The molecule has 0 aromatic heterocycles. The molecule has 140 valence electrons. The number of aryl methyl sites for hydroxylation is 1. The molecule has 0 aliphatic carbocycles. The number of esters is 1. The van der Waals surface area contributed by atoms with Crippen molar-refractivity contribution in [3.8, 4) is 0 Å². The summed E-state index contributed by atoms with van der Waals surface area (Å²) in [4.78, 5) is 25.3. The average Bonchev–Trinajstić information content (AvgIpc) is 2.43. The fourth-order valence-electron chi connectivity index (χ4n) is 1.91. The Bertz CT molecular complexity index is 750. The molecule has 0 aliphatic heterocycles. The van der Waals surface area contributed by atoms with E-state index in [1.165, 1.54) is 17.0 Å². The molecule has 0 heterocycles. The third kappa shape index (κ3) is 7.10. The molecular weight excluding hydrogens is 350 g/mol. The van der Waals surface area contributed by atoms with Crippen molar-refractivity contribution in [1.29, 1.82) is 0 Å². The van der Waals surface area contributed by atoms with E-state index >= 15 is 0 Å². The predicted molar refractivity (Wildman–Crippen MR) is 92.5 cm³/mol. The number of nitrogens with zero attached hydrogens (tertiary/aromatic N) is 1. The van der Waals surface area contributed by atoms with E-state index < -0.39 is 40.1 Å². The summed E-state index contributed by atoms with van der Waals surface area (Å²) in [5, 5.41) is 0. The van der Waals surface area contributed by atoms with E-state index in [9.17, 15) is 18.0 Å². The Morgan fingerprint density at radius 3 is 2.32 bits per heavy atom. The van der Waals surface area contributed by atoms with Crippen molar-refractivity contribution in [3.05, 3.63) is 29.3 Å². The molecule has 8 nitrogen and oxygen atoms in total. The van der Waals surface area contributed by atoms with Crippen LogP contribution in [-0.2, 0) is 19.6 Å². The van der Waals surface area contributed by atoms with Gasteiger partial charge in [0, 0.05) is 12.7 Å². The van der Waals surface area contributed by atoms with E-state index in [-0.39, 0.29) is 5.56 Å². The van der Waals surface area contributed by atoms with Gasteiger partial charge in [-0.1, -0.05) is 0 Å². The van der Waals surface area contributed by atoms with Crippen LogP contribution in [0.5, 0.6) is 0 Å². The van der Waals surface area contributed by atoms with E-state index in [1.54, 1.807) is 40.8 Å². The molecule has 1 aromatic rings. The highest BCUT2D eigenvalue weighted by molar-refractivity contribution is 7.85. The molecule has 0 saturated heterocycles. The minimum absolute atomic E-state index is 0.203. The lowest BCUT2D eigenvalue weighted by Crippen LogP contribution is -2.34. The number of carbonyl (C=O) groups is 2. The second kappa shape index (κ2) is 7.83. The van der Waals surface area contributed by atoms with Crippen molar-refractivity contribution in [2.45, 2.75) is 33.3 Å². The molecule has 0 unspecified atom stereocenters. The van der Waals surface area contributed by atoms with Gasteiger partial charge >= 0.3 is 12.1 Å². The normalized spacial score (nSPS) is 11.8. The first kappa shape index (κ1) is 20.9. The van der Waals surface area contributed by atoms with Crippen molar-refractivity contribution in [2.75, 3.05) is 24.3 Å². The van der Waals surface area contributed by atoms with Crippen LogP contribution >= 0.6 is 0 Å². The zero-order valence-corrected chi connectivity index (χ0v) is 15.7. The van der Waals surface area contributed by atoms with Crippen LogP contribution in [0.15, 0.2) is 18.2 Å². The highest BCUT2D eigenvalue weighted by atomic mass is 32.2. The highest BCUT2D eigenvalue weighted by Crippen LogP contribution is 2.22. The molecule has 1 rings (SSSR count). The number of amides is 1. The van der Waals surface area contributed by atoms with Crippen LogP contribution in [0.3, 0.4) is 0 Å². The van der Waals surface area contributed by atoms with Crippen molar-refractivity contribution in [1.82, 2.24) is 0 Å². The fourth-order valence-corrected chi connectivity index (χ4v) is 2.20. The van der Waals surface area contributed by atoms with Gasteiger partial charge in [0.1, 0.15) is 18.0 Å². The summed E-state index contributed by atoms with van der Waals surface area (Å²) in [6.45, 7) is 6.55. The molecular formula is C16H23NO7S. The molecule has 0 saturated carbocycles. The first-order chi connectivity index (χ1) is 11.3. The Morgan fingerprint density at radius 1 is 1.24 bits per heavy atom. The van der Waals surface area contributed by atoms with Crippen molar-refractivity contribution in [2.24, 2.45) is 0 Å². The van der Waals surface area contributed by atoms with Gasteiger partial charge < -0.3 is 9.47 Å². The number of rotatable bonds is 5. The van der Waals surface area contributed by atoms with Crippen LogP contribution < -0.4 is 4.90 Å². The smallest absolute Gasteiger partial charge is 0.414 e. The zero-order valence-electron chi connectivity index (χ0n) is 14.9. The van der Waals surface area contributed by atoms with Crippen molar-refractivity contribution < 1.29 is 32.0 Å². The molecule has 1 N–H and O–H groups in total. The molecule has 1 amide bonds. The van der Waals surface area contributed by atoms with Crippen LogP contribution in [-0.4, -0.2) is 50.0 Å². The largest absolute Gasteiger partial charge is 0.461 e. The lowest BCUT2D eigenvalue weighted by molar-refractivity contribution is 0.0527. The van der Waals surface area contributed by atoms with Gasteiger partial charge in [0.05, 0.1) is 5.56 Å². The van der Waals surface area contributed by atoms with Crippen LogP contribution in [0.4, 0.5) is 10.5 Å². The molecule has 0 radical (unpaired) electrons. The Balaban J connectivity index is 2.82. The van der Waals surface area contributed by atoms with Crippen LogP contribution in [0.25, 0.3) is 0 Å². The van der Waals surface area contributed by atoms with E-state index in [2.05, 4.69) is 0 Å². The summed E-state index contributed by atoms with van der Waals surface area (Å²) >= 11 is 0. The maximum absolute atomic E-state index is 12.1. The first-order valence-corrected chi connectivity index (χ1v) is 9.11. The second-order valence-corrected chi connectivity index (χ2v) is 8.03.